The third kappa shape index (κ3) is 5.62. The van der Waals surface area contributed by atoms with E-state index in [0.29, 0.717) is 6.54 Å². The number of rotatable bonds is 8. The summed E-state index contributed by atoms with van der Waals surface area (Å²) in [5.74, 6) is -0.0561. The number of carbonyl (C=O) groups excluding carboxylic acids is 1. The predicted octanol–water partition coefficient (Wildman–Crippen LogP) is 2.81. The van der Waals surface area contributed by atoms with Crippen LogP contribution in [0, 0.1) is 6.92 Å². The molecule has 4 heteroatoms. The van der Waals surface area contributed by atoms with E-state index < -0.39 is 0 Å². The fraction of sp³-hybridized carbons (Fsp3) is 0.350. The molecule has 0 fully saturated rings. The zero-order valence-electron chi connectivity index (χ0n) is 14.8. The van der Waals surface area contributed by atoms with Crippen molar-refractivity contribution in [3.63, 3.8) is 0 Å². The van der Waals surface area contributed by atoms with Gasteiger partial charge in [-0.1, -0.05) is 24.3 Å². The second-order valence-electron chi connectivity index (χ2n) is 5.97. The van der Waals surface area contributed by atoms with Crippen LogP contribution < -0.4 is 10.2 Å². The molecule has 2 aromatic rings. The van der Waals surface area contributed by atoms with Crippen LogP contribution in [0.2, 0.25) is 0 Å². The van der Waals surface area contributed by atoms with Gasteiger partial charge in [0.15, 0.2) is 0 Å². The Bertz CT molecular complexity index is 669. The highest BCUT2D eigenvalue weighted by Crippen LogP contribution is 2.16. The first-order chi connectivity index (χ1) is 11.6. The van der Waals surface area contributed by atoms with Gasteiger partial charge in [-0.05, 0) is 49.4 Å². The number of hydrogen-bond acceptors (Lipinski definition) is 2. The maximum absolute atomic E-state index is 11.9. The van der Waals surface area contributed by atoms with E-state index in [1.165, 1.54) is 11.1 Å². The Hall–Kier alpha value is -1.91. The van der Waals surface area contributed by atoms with Crippen molar-refractivity contribution in [2.24, 2.45) is 0 Å². The molecule has 0 bridgehead atoms. The minimum Gasteiger partial charge on any atom is -0.348 e. The molecule has 0 atom stereocenters. The Kier molecular flexibility index (Phi) is 7.22. The van der Waals surface area contributed by atoms with Crippen LogP contribution in [-0.2, 0) is 17.9 Å². The zero-order valence-corrected chi connectivity index (χ0v) is 15.6. The summed E-state index contributed by atoms with van der Waals surface area (Å²) in [6.45, 7) is 10.4. The summed E-state index contributed by atoms with van der Waals surface area (Å²) >= 11 is 1.65. The van der Waals surface area contributed by atoms with Gasteiger partial charge in [0.25, 0.3) is 0 Å². The van der Waals surface area contributed by atoms with E-state index in [4.69, 9.17) is 0 Å². The quantitative estimate of drug-likeness (QED) is 0.710. The van der Waals surface area contributed by atoms with E-state index in [1.54, 1.807) is 22.3 Å². The number of hydrogen-bond donors (Lipinski definition) is 2. The van der Waals surface area contributed by atoms with Gasteiger partial charge in [0, 0.05) is 23.1 Å². The van der Waals surface area contributed by atoms with Crippen LogP contribution in [0.1, 0.15) is 35.4 Å². The molecule has 1 amide bonds. The Labute approximate surface area is 149 Å². The highest BCUT2D eigenvalue weighted by molar-refractivity contribution is 7.11. The molecule has 0 saturated heterocycles. The molecule has 0 aliphatic heterocycles. The van der Waals surface area contributed by atoms with Crippen molar-refractivity contribution in [1.82, 2.24) is 5.32 Å². The molecule has 0 radical (unpaired) electrons. The summed E-state index contributed by atoms with van der Waals surface area (Å²) in [4.78, 5) is 14.6. The molecule has 128 valence electrons. The lowest BCUT2D eigenvalue weighted by atomic mass is 10.1. The third-order valence-corrected chi connectivity index (χ3v) is 5.22. The molecule has 1 aromatic heterocycles. The number of aryl methyl sites for hydroxylation is 1. The second-order valence-corrected chi connectivity index (χ2v) is 6.92. The van der Waals surface area contributed by atoms with E-state index in [1.807, 2.05) is 11.5 Å². The fourth-order valence-electron chi connectivity index (χ4n) is 2.52. The highest BCUT2D eigenvalue weighted by atomic mass is 32.1. The minimum absolute atomic E-state index is 0.0561. The third-order valence-electron chi connectivity index (χ3n) is 4.23. The summed E-state index contributed by atoms with van der Waals surface area (Å²) in [6, 6.07) is 10.6. The molecule has 2 N–H and O–H groups in total. The first kappa shape index (κ1) is 18.4. The fourth-order valence-corrected chi connectivity index (χ4v) is 3.34. The maximum Gasteiger partial charge on any atom is 0.244 e. The smallest absolute Gasteiger partial charge is 0.244 e. The lowest BCUT2D eigenvalue weighted by Crippen LogP contribution is -3.10. The SMILES string of the molecule is CC[NH+](CC)Cc1ccc(CNC(=O)/C=C/c2sccc2C)cc1. The van der Waals surface area contributed by atoms with Crippen LogP contribution in [0.15, 0.2) is 41.8 Å². The number of carbonyl (C=O) groups is 1. The molecule has 1 aromatic carbocycles. The van der Waals surface area contributed by atoms with Crippen molar-refractivity contribution in [2.75, 3.05) is 13.1 Å². The van der Waals surface area contributed by atoms with Crippen molar-refractivity contribution in [3.8, 4) is 0 Å². The van der Waals surface area contributed by atoms with E-state index in [0.717, 1.165) is 30.1 Å². The predicted molar refractivity (Wildman–Crippen MR) is 102 cm³/mol. The molecule has 0 spiro atoms. The van der Waals surface area contributed by atoms with Crippen molar-refractivity contribution in [3.05, 3.63) is 63.4 Å². The lowest BCUT2D eigenvalue weighted by molar-refractivity contribution is -0.910. The number of amides is 1. The Morgan fingerprint density at radius 1 is 1.12 bits per heavy atom. The molecule has 3 nitrogen and oxygen atoms in total. The highest BCUT2D eigenvalue weighted by Gasteiger charge is 2.04. The second kappa shape index (κ2) is 9.40. The molecular formula is C20H27N2OS+. The number of quaternary nitrogens is 1. The minimum atomic E-state index is -0.0561. The van der Waals surface area contributed by atoms with Crippen molar-refractivity contribution in [1.29, 1.82) is 0 Å². The topological polar surface area (TPSA) is 33.5 Å². The molecule has 0 unspecified atom stereocenters. The molecule has 1 heterocycles. The van der Waals surface area contributed by atoms with Gasteiger partial charge < -0.3 is 10.2 Å². The van der Waals surface area contributed by atoms with Crippen LogP contribution in [0.4, 0.5) is 0 Å². The van der Waals surface area contributed by atoms with E-state index in [2.05, 4.69) is 56.4 Å². The Morgan fingerprint density at radius 2 is 1.79 bits per heavy atom. The average molecular weight is 344 g/mol. The Balaban J connectivity index is 1.82. The standard InChI is InChI=1S/C20H26N2OS/c1-4-22(5-2)15-18-8-6-17(7-9-18)14-21-20(23)11-10-19-16(3)12-13-24-19/h6-13H,4-5,14-15H2,1-3H3,(H,21,23)/p+1/b11-10+. The van der Waals surface area contributed by atoms with Gasteiger partial charge in [0.1, 0.15) is 6.54 Å². The zero-order chi connectivity index (χ0) is 17.4. The molecular weight excluding hydrogens is 316 g/mol. The van der Waals surface area contributed by atoms with Gasteiger partial charge in [-0.15, -0.1) is 11.3 Å². The van der Waals surface area contributed by atoms with Gasteiger partial charge in [0.2, 0.25) is 5.91 Å². The molecule has 0 aliphatic rings. The van der Waals surface area contributed by atoms with Crippen molar-refractivity contribution in [2.45, 2.75) is 33.9 Å². The maximum atomic E-state index is 11.9. The summed E-state index contributed by atoms with van der Waals surface area (Å²) in [6.07, 6.45) is 3.49. The normalized spacial score (nSPS) is 11.3. The summed E-state index contributed by atoms with van der Waals surface area (Å²) in [7, 11) is 0. The number of thiophene rings is 1. The Morgan fingerprint density at radius 3 is 2.38 bits per heavy atom. The van der Waals surface area contributed by atoms with Gasteiger partial charge in [-0.2, -0.15) is 0 Å². The monoisotopic (exact) mass is 343 g/mol. The van der Waals surface area contributed by atoms with E-state index in [-0.39, 0.29) is 5.91 Å². The van der Waals surface area contributed by atoms with Crippen LogP contribution in [-0.4, -0.2) is 19.0 Å². The van der Waals surface area contributed by atoms with Crippen LogP contribution in [0.5, 0.6) is 0 Å². The van der Waals surface area contributed by atoms with Crippen molar-refractivity contribution < 1.29 is 9.69 Å². The first-order valence-corrected chi connectivity index (χ1v) is 9.41. The summed E-state index contributed by atoms with van der Waals surface area (Å²) < 4.78 is 0. The molecule has 0 aliphatic carbocycles. The van der Waals surface area contributed by atoms with Gasteiger partial charge >= 0.3 is 0 Å². The largest absolute Gasteiger partial charge is 0.348 e. The first-order valence-electron chi connectivity index (χ1n) is 8.53. The average Bonchev–Trinajstić information content (AvgIpc) is 3.02. The molecule has 2 rings (SSSR count). The van der Waals surface area contributed by atoms with E-state index >= 15 is 0 Å². The summed E-state index contributed by atoms with van der Waals surface area (Å²) in [5.41, 5.74) is 3.68. The lowest BCUT2D eigenvalue weighted by Gasteiger charge is -2.15. The van der Waals surface area contributed by atoms with Gasteiger partial charge in [0.05, 0.1) is 13.1 Å². The molecule has 0 saturated carbocycles. The van der Waals surface area contributed by atoms with Crippen LogP contribution >= 0.6 is 11.3 Å². The van der Waals surface area contributed by atoms with E-state index in [9.17, 15) is 4.79 Å². The molecule has 24 heavy (non-hydrogen) atoms. The van der Waals surface area contributed by atoms with Crippen LogP contribution in [0.25, 0.3) is 6.08 Å². The van der Waals surface area contributed by atoms with Crippen LogP contribution in [0.3, 0.4) is 0 Å². The van der Waals surface area contributed by atoms with Gasteiger partial charge in [-0.25, -0.2) is 0 Å². The number of nitrogens with one attached hydrogen (secondary N) is 2. The van der Waals surface area contributed by atoms with Gasteiger partial charge in [-0.3, -0.25) is 4.79 Å². The number of benzene rings is 1. The van der Waals surface area contributed by atoms with Crippen molar-refractivity contribution >= 4 is 23.3 Å². The summed E-state index contributed by atoms with van der Waals surface area (Å²) in [5, 5.41) is 4.97.